The molecule has 9 heteroatoms. The molecule has 4 aromatic rings. The third kappa shape index (κ3) is 3.81. The topological polar surface area (TPSA) is 94.8 Å². The van der Waals surface area contributed by atoms with E-state index in [2.05, 4.69) is 25.6 Å². The van der Waals surface area contributed by atoms with Crippen LogP contribution in [-0.2, 0) is 7.05 Å². The van der Waals surface area contributed by atoms with Crippen LogP contribution in [0.15, 0.2) is 36.4 Å². The second-order valence-corrected chi connectivity index (χ2v) is 7.70. The molecule has 1 atom stereocenters. The van der Waals surface area contributed by atoms with E-state index in [4.69, 9.17) is 4.74 Å². The van der Waals surface area contributed by atoms with Crippen LogP contribution in [0.25, 0.3) is 11.0 Å². The highest BCUT2D eigenvalue weighted by Crippen LogP contribution is 2.27. The molecule has 0 aliphatic rings. The maximum atomic E-state index is 12.9. The number of rotatable bonds is 5. The Hall–Kier alpha value is -3.33. The second-order valence-electron chi connectivity index (χ2n) is 6.69. The number of ether oxygens (including phenoxy) is 1. The Kier molecular flexibility index (Phi) is 4.98. The van der Waals surface area contributed by atoms with Gasteiger partial charge < -0.3 is 4.74 Å². The van der Waals surface area contributed by atoms with E-state index >= 15 is 0 Å². The number of hydrogen-bond acceptors (Lipinski definition) is 7. The molecule has 0 unspecified atom stereocenters. The van der Waals surface area contributed by atoms with Crippen molar-refractivity contribution in [1.82, 2.24) is 25.0 Å². The van der Waals surface area contributed by atoms with Crippen molar-refractivity contribution in [2.75, 3.05) is 5.32 Å². The Morgan fingerprint density at radius 1 is 1.21 bits per heavy atom. The van der Waals surface area contributed by atoms with Gasteiger partial charge in [0.15, 0.2) is 10.7 Å². The second kappa shape index (κ2) is 7.59. The maximum Gasteiger partial charge on any atom is 0.258 e. The molecule has 1 aromatic carbocycles. The van der Waals surface area contributed by atoms with E-state index in [-0.39, 0.29) is 12.0 Å². The van der Waals surface area contributed by atoms with Crippen molar-refractivity contribution in [3.05, 3.63) is 58.4 Å². The van der Waals surface area contributed by atoms with E-state index in [1.807, 2.05) is 58.2 Å². The fraction of sp³-hybridized carbons (Fsp3) is 0.250. The van der Waals surface area contributed by atoms with Crippen molar-refractivity contribution in [1.29, 1.82) is 0 Å². The number of pyridine rings is 1. The molecular weight excluding hydrogens is 388 g/mol. The van der Waals surface area contributed by atoms with Crippen LogP contribution in [-0.4, -0.2) is 30.9 Å². The monoisotopic (exact) mass is 408 g/mol. The minimum Gasteiger partial charge on any atom is -0.483 e. The minimum atomic E-state index is -0.281. The first-order valence-electron chi connectivity index (χ1n) is 9.10. The molecule has 0 spiro atoms. The Morgan fingerprint density at radius 3 is 2.72 bits per heavy atom. The van der Waals surface area contributed by atoms with Gasteiger partial charge in [-0.25, -0.2) is 4.98 Å². The average Bonchev–Trinajstić information content (AvgIpc) is 3.27. The number of nitrogens with zero attached hydrogens (tertiary/aromatic N) is 5. The molecule has 1 N–H and O–H groups in total. The van der Waals surface area contributed by atoms with Gasteiger partial charge in [0.05, 0.1) is 16.6 Å². The van der Waals surface area contributed by atoms with Crippen molar-refractivity contribution < 1.29 is 9.53 Å². The molecular formula is C20H20N6O2S. The van der Waals surface area contributed by atoms with E-state index in [1.54, 1.807) is 10.7 Å². The molecule has 3 aromatic heterocycles. The molecule has 0 aliphatic carbocycles. The summed E-state index contributed by atoms with van der Waals surface area (Å²) in [6.45, 7) is 5.61. The average molecular weight is 408 g/mol. The number of anilines is 1. The van der Waals surface area contributed by atoms with Crippen LogP contribution in [0.2, 0.25) is 0 Å². The summed E-state index contributed by atoms with van der Waals surface area (Å²) in [7, 11) is 1.81. The number of hydrogen-bond donors (Lipinski definition) is 1. The van der Waals surface area contributed by atoms with Gasteiger partial charge >= 0.3 is 0 Å². The summed E-state index contributed by atoms with van der Waals surface area (Å²) < 4.78 is 7.55. The Morgan fingerprint density at radius 2 is 1.97 bits per heavy atom. The molecule has 0 bridgehead atoms. The third-order valence-corrected chi connectivity index (χ3v) is 5.41. The lowest BCUT2D eigenvalue weighted by atomic mass is 10.1. The fourth-order valence-corrected chi connectivity index (χ4v) is 3.84. The number of benzene rings is 1. The summed E-state index contributed by atoms with van der Waals surface area (Å²) in [6.07, 6.45) is -0.281. The zero-order valence-corrected chi connectivity index (χ0v) is 17.3. The van der Waals surface area contributed by atoms with Gasteiger partial charge in [-0.05, 0) is 39.0 Å². The summed E-state index contributed by atoms with van der Waals surface area (Å²) in [5.74, 6) is 0.485. The number of nitrogens with one attached hydrogen (secondary N) is 1. The number of fused-ring (bicyclic) bond motifs is 1. The van der Waals surface area contributed by atoms with Crippen molar-refractivity contribution in [2.45, 2.75) is 26.9 Å². The van der Waals surface area contributed by atoms with E-state index < -0.39 is 0 Å². The molecule has 0 saturated heterocycles. The fourth-order valence-electron chi connectivity index (χ4n) is 3.12. The SMILES string of the molecule is Cc1cc(C(=O)Nc2nnc([C@H](C)Oc3ccccc3)s2)c2c(C)nn(C)c2n1. The van der Waals surface area contributed by atoms with Crippen LogP contribution in [0.1, 0.15) is 39.8 Å². The van der Waals surface area contributed by atoms with Crippen molar-refractivity contribution in [2.24, 2.45) is 7.05 Å². The first-order chi connectivity index (χ1) is 13.9. The Labute approximate surface area is 171 Å². The van der Waals surface area contributed by atoms with E-state index in [9.17, 15) is 4.79 Å². The number of para-hydroxylation sites is 1. The Bertz CT molecular complexity index is 1180. The molecule has 8 nitrogen and oxygen atoms in total. The van der Waals surface area contributed by atoms with Crippen molar-refractivity contribution in [3.63, 3.8) is 0 Å². The van der Waals surface area contributed by atoms with Crippen LogP contribution >= 0.6 is 11.3 Å². The lowest BCUT2D eigenvalue weighted by Crippen LogP contribution is -2.13. The van der Waals surface area contributed by atoms with Crippen molar-refractivity contribution >= 4 is 33.4 Å². The molecule has 3 heterocycles. The number of carbonyl (C=O) groups is 1. The van der Waals surface area contributed by atoms with Crippen LogP contribution < -0.4 is 10.1 Å². The largest absolute Gasteiger partial charge is 0.483 e. The summed E-state index contributed by atoms with van der Waals surface area (Å²) >= 11 is 1.29. The van der Waals surface area contributed by atoms with Gasteiger partial charge in [0.2, 0.25) is 5.13 Å². The molecule has 0 fully saturated rings. The van der Waals surface area contributed by atoms with Gasteiger partial charge in [-0.15, -0.1) is 10.2 Å². The minimum absolute atomic E-state index is 0.268. The van der Waals surface area contributed by atoms with Gasteiger partial charge in [0.25, 0.3) is 5.91 Å². The van der Waals surface area contributed by atoms with Crippen LogP contribution in [0.3, 0.4) is 0 Å². The number of amides is 1. The van der Waals surface area contributed by atoms with Crippen LogP contribution in [0.4, 0.5) is 5.13 Å². The van der Waals surface area contributed by atoms with Crippen LogP contribution in [0, 0.1) is 13.8 Å². The highest BCUT2D eigenvalue weighted by molar-refractivity contribution is 7.15. The molecule has 1 amide bonds. The standard InChI is InChI=1S/C20H20N6O2S/c1-11-10-15(16-12(2)25-26(4)17(16)21-11)18(27)22-20-24-23-19(29-20)13(3)28-14-8-6-5-7-9-14/h5-10,13H,1-4H3,(H,22,24,27)/t13-/m0/s1. The summed E-state index contributed by atoms with van der Waals surface area (Å²) in [5.41, 5.74) is 2.69. The summed E-state index contributed by atoms with van der Waals surface area (Å²) in [5, 5.41) is 17.3. The molecule has 0 saturated carbocycles. The number of aryl methyl sites for hydroxylation is 3. The molecule has 0 radical (unpaired) electrons. The van der Waals surface area contributed by atoms with Gasteiger partial charge in [-0.2, -0.15) is 5.10 Å². The Balaban J connectivity index is 1.55. The predicted molar refractivity (Wildman–Crippen MR) is 111 cm³/mol. The predicted octanol–water partition coefficient (Wildman–Crippen LogP) is 3.83. The molecule has 0 aliphatic heterocycles. The zero-order valence-electron chi connectivity index (χ0n) is 16.5. The van der Waals surface area contributed by atoms with Gasteiger partial charge in [0.1, 0.15) is 11.9 Å². The first kappa shape index (κ1) is 19.0. The molecule has 29 heavy (non-hydrogen) atoms. The van der Waals surface area contributed by atoms with Crippen molar-refractivity contribution in [3.8, 4) is 5.75 Å². The summed E-state index contributed by atoms with van der Waals surface area (Å²) in [4.78, 5) is 17.4. The number of aromatic nitrogens is 5. The highest BCUT2D eigenvalue weighted by atomic mass is 32.1. The van der Waals surface area contributed by atoms with E-state index in [1.165, 1.54) is 11.3 Å². The first-order valence-corrected chi connectivity index (χ1v) is 9.91. The van der Waals surface area contributed by atoms with Gasteiger partial charge in [-0.3, -0.25) is 14.8 Å². The molecule has 4 rings (SSSR count). The highest BCUT2D eigenvalue weighted by Gasteiger charge is 2.20. The number of carbonyl (C=O) groups excluding carboxylic acids is 1. The lowest BCUT2D eigenvalue weighted by Gasteiger charge is -2.11. The van der Waals surface area contributed by atoms with E-state index in [0.29, 0.717) is 21.3 Å². The van der Waals surface area contributed by atoms with Crippen LogP contribution in [0.5, 0.6) is 5.75 Å². The van der Waals surface area contributed by atoms with Gasteiger partial charge in [0, 0.05) is 12.7 Å². The zero-order chi connectivity index (χ0) is 20.5. The van der Waals surface area contributed by atoms with Gasteiger partial charge in [-0.1, -0.05) is 29.5 Å². The summed E-state index contributed by atoms with van der Waals surface area (Å²) in [6, 6.07) is 11.3. The van der Waals surface area contributed by atoms with E-state index in [0.717, 1.165) is 22.5 Å². The molecule has 148 valence electrons. The lowest BCUT2D eigenvalue weighted by molar-refractivity contribution is 0.102. The quantitative estimate of drug-likeness (QED) is 0.539. The smallest absolute Gasteiger partial charge is 0.258 e. The maximum absolute atomic E-state index is 12.9. The third-order valence-electron chi connectivity index (χ3n) is 4.41. The normalized spacial score (nSPS) is 12.1.